The van der Waals surface area contributed by atoms with Gasteiger partial charge in [-0.1, -0.05) is 41.9 Å². The minimum Gasteiger partial charge on any atom is -0.305 e. The van der Waals surface area contributed by atoms with Crippen LogP contribution in [-0.4, -0.2) is 9.38 Å². The third-order valence-corrected chi connectivity index (χ3v) is 2.99. The highest BCUT2D eigenvalue weighted by atomic mass is 35.5. The predicted octanol–water partition coefficient (Wildman–Crippen LogP) is 3.96. The summed E-state index contributed by atoms with van der Waals surface area (Å²) >= 11 is 6.18. The quantitative estimate of drug-likeness (QED) is 0.631. The lowest BCUT2D eigenvalue weighted by atomic mass is 10.2. The number of rotatable bonds is 1. The van der Waals surface area contributed by atoms with Gasteiger partial charge in [-0.05, 0) is 18.6 Å². The van der Waals surface area contributed by atoms with Crippen LogP contribution in [0.2, 0.25) is 5.02 Å². The van der Waals surface area contributed by atoms with Gasteiger partial charge in [0.15, 0.2) is 5.65 Å². The third-order valence-electron chi connectivity index (χ3n) is 2.71. The Labute approximate surface area is 104 Å². The van der Waals surface area contributed by atoms with Crippen LogP contribution in [0.25, 0.3) is 16.9 Å². The van der Waals surface area contributed by atoms with Gasteiger partial charge in [-0.3, -0.25) is 0 Å². The average Bonchev–Trinajstić information content (AvgIpc) is 2.74. The van der Waals surface area contributed by atoms with Crippen molar-refractivity contribution < 1.29 is 0 Å². The highest BCUT2D eigenvalue weighted by Gasteiger charge is 2.07. The normalized spacial score (nSPS) is 10.9. The lowest BCUT2D eigenvalue weighted by Gasteiger charge is -1.97. The fourth-order valence-corrected chi connectivity index (χ4v) is 2.25. The molecule has 0 saturated heterocycles. The van der Waals surface area contributed by atoms with Crippen molar-refractivity contribution in [2.45, 2.75) is 6.92 Å². The predicted molar refractivity (Wildman–Crippen MR) is 70.4 cm³/mol. The lowest BCUT2D eigenvalue weighted by molar-refractivity contribution is 1.16. The number of halogens is 1. The van der Waals surface area contributed by atoms with Crippen LogP contribution in [0, 0.1) is 6.92 Å². The van der Waals surface area contributed by atoms with E-state index in [9.17, 15) is 0 Å². The van der Waals surface area contributed by atoms with Crippen LogP contribution in [-0.2, 0) is 0 Å². The molecule has 0 saturated carbocycles. The molecule has 3 aromatic rings. The van der Waals surface area contributed by atoms with Crippen LogP contribution in [0.3, 0.4) is 0 Å². The molecule has 2 nitrogen and oxygen atoms in total. The molecule has 0 N–H and O–H groups in total. The van der Waals surface area contributed by atoms with Gasteiger partial charge in [0.1, 0.15) is 0 Å². The summed E-state index contributed by atoms with van der Waals surface area (Å²) in [5.74, 6) is 0. The summed E-state index contributed by atoms with van der Waals surface area (Å²) in [6.07, 6.45) is 4.03. The first-order valence-corrected chi connectivity index (χ1v) is 5.82. The standard InChI is InChI=1S/C14H11ClN2/c1-10-7-12(15)14-16-13(9-17(14)8-10)11-5-3-2-4-6-11/h2-9H,1H3. The molecule has 2 aromatic heterocycles. The zero-order valence-corrected chi connectivity index (χ0v) is 10.1. The maximum atomic E-state index is 6.18. The van der Waals surface area contributed by atoms with Gasteiger partial charge < -0.3 is 4.40 Å². The van der Waals surface area contributed by atoms with Crippen molar-refractivity contribution >= 4 is 17.2 Å². The first-order chi connectivity index (χ1) is 8.24. The van der Waals surface area contributed by atoms with Gasteiger partial charge in [-0.2, -0.15) is 0 Å². The molecule has 0 aliphatic rings. The molecule has 0 radical (unpaired) electrons. The first-order valence-electron chi connectivity index (χ1n) is 5.44. The fraction of sp³-hybridized carbons (Fsp3) is 0.0714. The lowest BCUT2D eigenvalue weighted by Crippen LogP contribution is -1.85. The van der Waals surface area contributed by atoms with Crippen molar-refractivity contribution in [1.29, 1.82) is 0 Å². The number of aromatic nitrogens is 2. The zero-order valence-electron chi connectivity index (χ0n) is 9.39. The Balaban J connectivity index is 2.24. The Morgan fingerprint density at radius 3 is 2.65 bits per heavy atom. The Morgan fingerprint density at radius 2 is 1.88 bits per heavy atom. The summed E-state index contributed by atoms with van der Waals surface area (Å²) in [5.41, 5.74) is 3.97. The van der Waals surface area contributed by atoms with E-state index >= 15 is 0 Å². The second-order valence-corrected chi connectivity index (χ2v) is 4.50. The Bertz CT molecular complexity index is 671. The minimum atomic E-state index is 0.687. The summed E-state index contributed by atoms with van der Waals surface area (Å²) in [4.78, 5) is 4.55. The van der Waals surface area contributed by atoms with E-state index in [-0.39, 0.29) is 0 Å². The SMILES string of the molecule is Cc1cc(Cl)c2nc(-c3ccccc3)cn2c1. The number of pyridine rings is 1. The summed E-state index contributed by atoms with van der Waals surface area (Å²) < 4.78 is 1.97. The molecular formula is C14H11ClN2. The van der Waals surface area contributed by atoms with Gasteiger partial charge in [0.05, 0.1) is 10.7 Å². The molecule has 0 unspecified atom stereocenters. The Hall–Kier alpha value is -1.80. The maximum absolute atomic E-state index is 6.18. The van der Waals surface area contributed by atoms with E-state index in [1.165, 1.54) is 0 Å². The molecule has 0 fully saturated rings. The average molecular weight is 243 g/mol. The van der Waals surface area contributed by atoms with Crippen molar-refractivity contribution in [3.63, 3.8) is 0 Å². The van der Waals surface area contributed by atoms with E-state index in [0.29, 0.717) is 5.02 Å². The summed E-state index contributed by atoms with van der Waals surface area (Å²) in [7, 11) is 0. The molecule has 1 aromatic carbocycles. The number of hydrogen-bond acceptors (Lipinski definition) is 1. The first kappa shape index (κ1) is 10.4. The van der Waals surface area contributed by atoms with Gasteiger partial charge in [0, 0.05) is 18.0 Å². The highest BCUT2D eigenvalue weighted by Crippen LogP contribution is 2.23. The van der Waals surface area contributed by atoms with Gasteiger partial charge in [0.25, 0.3) is 0 Å². The van der Waals surface area contributed by atoms with E-state index in [2.05, 4.69) is 4.98 Å². The van der Waals surface area contributed by atoms with E-state index in [4.69, 9.17) is 11.6 Å². The van der Waals surface area contributed by atoms with Crippen molar-refractivity contribution in [2.75, 3.05) is 0 Å². The van der Waals surface area contributed by atoms with Crippen molar-refractivity contribution in [3.8, 4) is 11.3 Å². The maximum Gasteiger partial charge on any atom is 0.156 e. The molecule has 3 heteroatoms. The summed E-state index contributed by atoms with van der Waals surface area (Å²) in [6, 6.07) is 12.0. The van der Waals surface area contributed by atoms with Crippen LogP contribution in [0.4, 0.5) is 0 Å². The fourth-order valence-electron chi connectivity index (χ4n) is 1.94. The monoisotopic (exact) mass is 242 g/mol. The van der Waals surface area contributed by atoms with E-state index < -0.39 is 0 Å². The van der Waals surface area contributed by atoms with E-state index in [0.717, 1.165) is 22.5 Å². The van der Waals surface area contributed by atoms with Crippen molar-refractivity contribution in [3.05, 3.63) is 59.4 Å². The van der Waals surface area contributed by atoms with Gasteiger partial charge in [0.2, 0.25) is 0 Å². The van der Waals surface area contributed by atoms with E-state index in [1.807, 2.05) is 60.1 Å². The van der Waals surface area contributed by atoms with Crippen LogP contribution < -0.4 is 0 Å². The molecule has 3 rings (SSSR count). The molecule has 17 heavy (non-hydrogen) atoms. The zero-order chi connectivity index (χ0) is 11.8. The number of aryl methyl sites for hydroxylation is 1. The third kappa shape index (κ3) is 1.81. The highest BCUT2D eigenvalue weighted by molar-refractivity contribution is 6.33. The van der Waals surface area contributed by atoms with Crippen LogP contribution in [0.15, 0.2) is 48.8 Å². The van der Waals surface area contributed by atoms with Crippen LogP contribution >= 0.6 is 11.6 Å². The molecule has 0 atom stereocenters. The molecule has 0 amide bonds. The summed E-state index contributed by atoms with van der Waals surface area (Å²) in [6.45, 7) is 2.02. The number of benzene rings is 1. The van der Waals surface area contributed by atoms with Gasteiger partial charge in [-0.25, -0.2) is 4.98 Å². The number of nitrogens with zero attached hydrogens (tertiary/aromatic N) is 2. The topological polar surface area (TPSA) is 17.3 Å². The largest absolute Gasteiger partial charge is 0.305 e. The second kappa shape index (κ2) is 3.90. The molecule has 0 bridgehead atoms. The number of hydrogen-bond donors (Lipinski definition) is 0. The molecule has 0 aliphatic heterocycles. The summed E-state index contributed by atoms with van der Waals surface area (Å²) in [5, 5.41) is 0.687. The van der Waals surface area contributed by atoms with Crippen molar-refractivity contribution in [1.82, 2.24) is 9.38 Å². The minimum absolute atomic E-state index is 0.687. The Morgan fingerprint density at radius 1 is 1.12 bits per heavy atom. The van der Waals surface area contributed by atoms with Gasteiger partial charge in [-0.15, -0.1) is 0 Å². The van der Waals surface area contributed by atoms with Crippen LogP contribution in [0.5, 0.6) is 0 Å². The Kier molecular flexibility index (Phi) is 2.37. The molecule has 2 heterocycles. The number of imidazole rings is 1. The molecule has 0 aliphatic carbocycles. The van der Waals surface area contributed by atoms with E-state index in [1.54, 1.807) is 0 Å². The molecular weight excluding hydrogens is 232 g/mol. The van der Waals surface area contributed by atoms with Gasteiger partial charge >= 0.3 is 0 Å². The number of fused-ring (bicyclic) bond motifs is 1. The smallest absolute Gasteiger partial charge is 0.156 e. The van der Waals surface area contributed by atoms with Crippen molar-refractivity contribution in [2.24, 2.45) is 0 Å². The van der Waals surface area contributed by atoms with Crippen LogP contribution in [0.1, 0.15) is 5.56 Å². The molecule has 0 spiro atoms. The second-order valence-electron chi connectivity index (χ2n) is 4.09. The molecule has 84 valence electrons.